The molecule has 0 heterocycles. The number of hydrogen-bond donors (Lipinski definition) is 2. The Labute approximate surface area is 209 Å². The molecule has 0 amide bonds. The highest BCUT2D eigenvalue weighted by atomic mass is 16.5. The number of carbonyl (C=O) groups is 1. The van der Waals surface area contributed by atoms with E-state index in [1.54, 1.807) is 50.6 Å². The predicted octanol–water partition coefficient (Wildman–Crippen LogP) is 6.98. The summed E-state index contributed by atoms with van der Waals surface area (Å²) in [5.74, 6) is 1.08. The summed E-state index contributed by atoms with van der Waals surface area (Å²) < 4.78 is 15.9. The Hall–Kier alpha value is -2.99. The number of carbonyl (C=O) groups excluding carboxylic acids is 1. The molecule has 6 nitrogen and oxygen atoms in total. The maximum absolute atomic E-state index is 12.1. The van der Waals surface area contributed by atoms with E-state index in [1.807, 2.05) is 6.07 Å². The summed E-state index contributed by atoms with van der Waals surface area (Å²) in [6.45, 7) is 2.22. The first-order chi connectivity index (χ1) is 17.0. The Morgan fingerprint density at radius 1 is 0.886 bits per heavy atom. The van der Waals surface area contributed by atoms with E-state index in [1.165, 1.54) is 44.6 Å². The van der Waals surface area contributed by atoms with Crippen LogP contribution in [0.5, 0.6) is 23.0 Å². The third kappa shape index (κ3) is 10.0. The molecule has 0 spiro atoms. The number of aliphatic hydroxyl groups excluding tert-OH is 1. The maximum atomic E-state index is 12.1. The molecule has 0 aliphatic heterocycles. The third-order valence-corrected chi connectivity index (χ3v) is 5.94. The van der Waals surface area contributed by atoms with Gasteiger partial charge >= 0.3 is 5.97 Å². The smallest absolute Gasteiger partial charge is 0.311 e. The largest absolute Gasteiger partial charge is 0.507 e. The SMILES string of the molecule is CCCCCCCCCCCC(=O)Oc1ccc(C(O)C=Cc2ccc(OC)cc2OC)c(O)c1. The molecule has 1 atom stereocenters. The highest BCUT2D eigenvalue weighted by molar-refractivity contribution is 5.72. The number of phenolic OH excluding ortho intramolecular Hbond substituents is 1. The molecule has 0 bridgehead atoms. The van der Waals surface area contributed by atoms with Crippen LogP contribution in [0, 0.1) is 0 Å². The fourth-order valence-corrected chi connectivity index (χ4v) is 3.85. The number of aromatic hydroxyl groups is 1. The van der Waals surface area contributed by atoms with E-state index in [0.717, 1.165) is 24.8 Å². The highest BCUT2D eigenvalue weighted by Gasteiger charge is 2.13. The molecule has 0 saturated heterocycles. The van der Waals surface area contributed by atoms with E-state index < -0.39 is 6.10 Å². The average Bonchev–Trinajstić information content (AvgIpc) is 2.86. The van der Waals surface area contributed by atoms with Crippen molar-refractivity contribution in [3.8, 4) is 23.0 Å². The van der Waals surface area contributed by atoms with Gasteiger partial charge in [0, 0.05) is 29.7 Å². The van der Waals surface area contributed by atoms with Gasteiger partial charge in [-0.2, -0.15) is 0 Å². The molecule has 0 aromatic heterocycles. The zero-order chi connectivity index (χ0) is 25.5. The minimum Gasteiger partial charge on any atom is -0.507 e. The van der Waals surface area contributed by atoms with Crippen LogP contribution in [0.2, 0.25) is 0 Å². The summed E-state index contributed by atoms with van der Waals surface area (Å²) in [5, 5.41) is 20.9. The summed E-state index contributed by atoms with van der Waals surface area (Å²) in [5.41, 5.74) is 1.07. The second-order valence-corrected chi connectivity index (χ2v) is 8.68. The van der Waals surface area contributed by atoms with Crippen LogP contribution in [0.4, 0.5) is 0 Å². The van der Waals surface area contributed by atoms with Crippen LogP contribution in [0.15, 0.2) is 42.5 Å². The summed E-state index contributed by atoms with van der Waals surface area (Å²) >= 11 is 0. The van der Waals surface area contributed by atoms with Gasteiger partial charge < -0.3 is 24.4 Å². The van der Waals surface area contributed by atoms with Crippen molar-refractivity contribution in [3.63, 3.8) is 0 Å². The van der Waals surface area contributed by atoms with Crippen LogP contribution in [0.3, 0.4) is 0 Å². The quantitative estimate of drug-likeness (QED) is 0.152. The number of esters is 1. The van der Waals surface area contributed by atoms with Crippen molar-refractivity contribution in [3.05, 3.63) is 53.6 Å². The van der Waals surface area contributed by atoms with Gasteiger partial charge in [0.2, 0.25) is 0 Å². The van der Waals surface area contributed by atoms with Gasteiger partial charge in [0.1, 0.15) is 29.1 Å². The molecule has 0 saturated carbocycles. The molecule has 2 aromatic carbocycles. The van der Waals surface area contributed by atoms with Crippen molar-refractivity contribution < 1.29 is 29.2 Å². The molecule has 192 valence electrons. The van der Waals surface area contributed by atoms with Gasteiger partial charge in [-0.25, -0.2) is 0 Å². The fraction of sp³-hybridized carbons (Fsp3) is 0.483. The number of hydrogen-bond acceptors (Lipinski definition) is 6. The number of phenols is 1. The molecule has 0 aliphatic carbocycles. The minimum atomic E-state index is -1.05. The van der Waals surface area contributed by atoms with E-state index in [0.29, 0.717) is 23.5 Å². The molecule has 0 radical (unpaired) electrons. The lowest BCUT2D eigenvalue weighted by Crippen LogP contribution is -2.07. The van der Waals surface area contributed by atoms with Crippen molar-refractivity contribution in [2.75, 3.05) is 14.2 Å². The van der Waals surface area contributed by atoms with Gasteiger partial charge in [-0.3, -0.25) is 4.79 Å². The molecular weight excluding hydrogens is 444 g/mol. The zero-order valence-corrected chi connectivity index (χ0v) is 21.3. The topological polar surface area (TPSA) is 85.2 Å². The zero-order valence-electron chi connectivity index (χ0n) is 21.3. The Morgan fingerprint density at radius 3 is 2.17 bits per heavy atom. The molecule has 0 aliphatic rings. The summed E-state index contributed by atoms with van der Waals surface area (Å²) in [7, 11) is 3.14. The Balaban J connectivity index is 1.81. The highest BCUT2D eigenvalue weighted by Crippen LogP contribution is 2.31. The van der Waals surface area contributed by atoms with Gasteiger partial charge in [-0.1, -0.05) is 70.4 Å². The predicted molar refractivity (Wildman–Crippen MR) is 139 cm³/mol. The maximum Gasteiger partial charge on any atom is 0.311 e. The third-order valence-electron chi connectivity index (χ3n) is 5.94. The average molecular weight is 485 g/mol. The monoisotopic (exact) mass is 484 g/mol. The van der Waals surface area contributed by atoms with Gasteiger partial charge in [0.05, 0.1) is 14.2 Å². The van der Waals surface area contributed by atoms with Crippen LogP contribution in [0.1, 0.15) is 88.4 Å². The Morgan fingerprint density at radius 2 is 1.54 bits per heavy atom. The number of ether oxygens (including phenoxy) is 3. The van der Waals surface area contributed by atoms with Gasteiger partial charge in [0.25, 0.3) is 0 Å². The normalized spacial score (nSPS) is 12.0. The van der Waals surface area contributed by atoms with Crippen LogP contribution in [-0.4, -0.2) is 30.4 Å². The number of aliphatic hydroxyl groups is 1. The number of unbranched alkanes of at least 4 members (excludes halogenated alkanes) is 8. The van der Waals surface area contributed by atoms with E-state index >= 15 is 0 Å². The lowest BCUT2D eigenvalue weighted by molar-refractivity contribution is -0.134. The van der Waals surface area contributed by atoms with E-state index in [-0.39, 0.29) is 17.5 Å². The minimum absolute atomic E-state index is 0.141. The van der Waals surface area contributed by atoms with Crippen LogP contribution in [-0.2, 0) is 4.79 Å². The first-order valence-electron chi connectivity index (χ1n) is 12.6. The number of methoxy groups -OCH3 is 2. The molecule has 1 unspecified atom stereocenters. The second kappa shape index (κ2) is 15.8. The van der Waals surface area contributed by atoms with Crippen molar-refractivity contribution in [2.45, 2.75) is 77.2 Å². The van der Waals surface area contributed by atoms with Gasteiger partial charge in [-0.05, 0) is 30.7 Å². The van der Waals surface area contributed by atoms with Crippen LogP contribution in [0.25, 0.3) is 6.08 Å². The number of rotatable bonds is 16. The van der Waals surface area contributed by atoms with E-state index in [9.17, 15) is 15.0 Å². The second-order valence-electron chi connectivity index (χ2n) is 8.68. The number of benzene rings is 2. The molecular formula is C29H40O6. The van der Waals surface area contributed by atoms with Gasteiger partial charge in [0.15, 0.2) is 0 Å². The Kier molecular flexibility index (Phi) is 12.8. The van der Waals surface area contributed by atoms with Crippen LogP contribution >= 0.6 is 0 Å². The first-order valence-corrected chi connectivity index (χ1v) is 12.6. The van der Waals surface area contributed by atoms with Crippen LogP contribution < -0.4 is 14.2 Å². The molecule has 2 aromatic rings. The van der Waals surface area contributed by atoms with Crippen molar-refractivity contribution in [1.82, 2.24) is 0 Å². The van der Waals surface area contributed by atoms with E-state index in [2.05, 4.69) is 6.92 Å². The molecule has 2 rings (SSSR count). The van der Waals surface area contributed by atoms with Crippen molar-refractivity contribution in [1.29, 1.82) is 0 Å². The Bertz CT molecular complexity index is 937. The van der Waals surface area contributed by atoms with Gasteiger partial charge in [-0.15, -0.1) is 0 Å². The standard InChI is InChI=1S/C29H40O6/c1-4-5-6-7-8-9-10-11-12-13-29(32)35-24-17-18-25(27(31)20-24)26(30)19-15-22-14-16-23(33-2)21-28(22)34-3/h14-21,26,30-31H,4-13H2,1-3H3. The lowest BCUT2D eigenvalue weighted by Gasteiger charge is -2.12. The molecule has 6 heteroatoms. The van der Waals surface area contributed by atoms with E-state index in [4.69, 9.17) is 14.2 Å². The molecule has 35 heavy (non-hydrogen) atoms. The fourth-order valence-electron chi connectivity index (χ4n) is 3.85. The van der Waals surface area contributed by atoms with Crippen molar-refractivity contribution in [2.24, 2.45) is 0 Å². The first kappa shape index (κ1) is 28.2. The summed E-state index contributed by atoms with van der Waals surface area (Å²) in [6, 6.07) is 9.85. The molecule has 2 N–H and O–H groups in total. The summed E-state index contributed by atoms with van der Waals surface area (Å²) in [6.07, 6.45) is 13.2. The van der Waals surface area contributed by atoms with Crippen molar-refractivity contribution >= 4 is 12.0 Å². The molecule has 0 fully saturated rings. The lowest BCUT2D eigenvalue weighted by atomic mass is 10.1. The summed E-state index contributed by atoms with van der Waals surface area (Å²) in [4.78, 5) is 12.1.